The third-order valence-electron chi connectivity index (χ3n) is 1.04. The molecule has 56 valence electrons. The fraction of sp³-hybridized carbons (Fsp3) is 0.286. The average molecular weight is 142 g/mol. The van der Waals surface area contributed by atoms with Crippen LogP contribution in [0.25, 0.3) is 0 Å². The van der Waals surface area contributed by atoms with Crippen molar-refractivity contribution in [3.8, 4) is 0 Å². The number of hydrogen-bond acceptors (Lipinski definition) is 2. The van der Waals surface area contributed by atoms with E-state index >= 15 is 0 Å². The van der Waals surface area contributed by atoms with Gasteiger partial charge in [0, 0.05) is 0 Å². The Morgan fingerprint density at radius 3 is 2.40 bits per heavy atom. The highest BCUT2D eigenvalue weighted by Crippen LogP contribution is 2.02. The summed E-state index contributed by atoms with van der Waals surface area (Å²) < 4.78 is 0. The van der Waals surface area contributed by atoms with Crippen LogP contribution in [-0.2, 0) is 4.79 Å². The van der Waals surface area contributed by atoms with Crippen LogP contribution >= 0.6 is 0 Å². The van der Waals surface area contributed by atoms with Crippen molar-refractivity contribution in [3.05, 3.63) is 24.0 Å². The number of aliphatic hydroxyl groups is 1. The van der Waals surface area contributed by atoms with Gasteiger partial charge in [-0.15, -0.1) is 0 Å². The van der Waals surface area contributed by atoms with Crippen LogP contribution in [0.2, 0.25) is 0 Å². The first-order valence-electron chi connectivity index (χ1n) is 2.81. The summed E-state index contributed by atoms with van der Waals surface area (Å²) in [5, 5.41) is 16.9. The van der Waals surface area contributed by atoms with Crippen LogP contribution in [0.5, 0.6) is 0 Å². The normalized spacial score (nSPS) is 11.1. The SMILES string of the molecule is C=C(O)C(C)=CCC(=O)O. The van der Waals surface area contributed by atoms with Gasteiger partial charge < -0.3 is 10.2 Å². The van der Waals surface area contributed by atoms with Crippen molar-refractivity contribution in [1.82, 2.24) is 0 Å². The van der Waals surface area contributed by atoms with Crippen LogP contribution in [0.15, 0.2) is 24.0 Å². The molecule has 0 spiro atoms. The molecule has 0 atom stereocenters. The molecule has 0 rings (SSSR count). The lowest BCUT2D eigenvalue weighted by Crippen LogP contribution is -1.91. The van der Waals surface area contributed by atoms with Gasteiger partial charge in [0.05, 0.1) is 6.42 Å². The van der Waals surface area contributed by atoms with Gasteiger partial charge in [-0.3, -0.25) is 4.79 Å². The van der Waals surface area contributed by atoms with E-state index in [0.717, 1.165) is 0 Å². The molecule has 0 fully saturated rings. The van der Waals surface area contributed by atoms with Gasteiger partial charge in [0.25, 0.3) is 0 Å². The quantitative estimate of drug-likeness (QED) is 0.463. The van der Waals surface area contributed by atoms with Crippen molar-refractivity contribution >= 4 is 5.97 Å². The van der Waals surface area contributed by atoms with E-state index in [1.807, 2.05) is 0 Å². The number of carboxylic acids is 1. The molecule has 3 nitrogen and oxygen atoms in total. The molecule has 0 saturated heterocycles. The summed E-state index contributed by atoms with van der Waals surface area (Å²) in [6, 6.07) is 0. The van der Waals surface area contributed by atoms with Crippen LogP contribution < -0.4 is 0 Å². The summed E-state index contributed by atoms with van der Waals surface area (Å²) in [7, 11) is 0. The maximum atomic E-state index is 9.97. The summed E-state index contributed by atoms with van der Waals surface area (Å²) in [5.74, 6) is -0.998. The molecule has 0 amide bonds. The molecular formula is C7H10O3. The highest BCUT2D eigenvalue weighted by Gasteiger charge is 1.94. The molecule has 0 radical (unpaired) electrons. The molecule has 0 heterocycles. The number of allylic oxidation sites excluding steroid dienone is 1. The Kier molecular flexibility index (Phi) is 3.25. The van der Waals surface area contributed by atoms with E-state index in [1.54, 1.807) is 6.92 Å². The monoisotopic (exact) mass is 142 g/mol. The average Bonchev–Trinajstić information content (AvgIpc) is 1.82. The molecule has 0 unspecified atom stereocenters. The van der Waals surface area contributed by atoms with Gasteiger partial charge in [0.1, 0.15) is 5.76 Å². The summed E-state index contributed by atoms with van der Waals surface area (Å²) in [6.07, 6.45) is 1.33. The van der Waals surface area contributed by atoms with Gasteiger partial charge in [-0.1, -0.05) is 12.7 Å². The second kappa shape index (κ2) is 3.71. The van der Waals surface area contributed by atoms with Crippen molar-refractivity contribution in [2.45, 2.75) is 13.3 Å². The van der Waals surface area contributed by atoms with Crippen molar-refractivity contribution in [2.24, 2.45) is 0 Å². The highest BCUT2D eigenvalue weighted by molar-refractivity contribution is 5.68. The molecule has 3 heteroatoms. The Bertz CT molecular complexity index is 179. The fourth-order valence-electron chi connectivity index (χ4n) is 0.358. The molecule has 2 N–H and O–H groups in total. The van der Waals surface area contributed by atoms with Gasteiger partial charge >= 0.3 is 5.97 Å². The predicted octanol–water partition coefficient (Wildman–Crippen LogP) is 1.48. The van der Waals surface area contributed by atoms with Crippen LogP contribution in [0.3, 0.4) is 0 Å². The van der Waals surface area contributed by atoms with Gasteiger partial charge in [-0.05, 0) is 12.5 Å². The summed E-state index contributed by atoms with van der Waals surface area (Å²) in [4.78, 5) is 9.97. The molecule has 0 aromatic carbocycles. The minimum atomic E-state index is -0.916. The van der Waals surface area contributed by atoms with Crippen LogP contribution in [0.4, 0.5) is 0 Å². The first kappa shape index (κ1) is 8.75. The maximum Gasteiger partial charge on any atom is 0.307 e. The van der Waals surface area contributed by atoms with E-state index in [1.165, 1.54) is 6.08 Å². The second-order valence-corrected chi connectivity index (χ2v) is 1.93. The zero-order chi connectivity index (χ0) is 8.15. The topological polar surface area (TPSA) is 57.5 Å². The minimum Gasteiger partial charge on any atom is -0.508 e. The standard InChI is InChI=1S/C7H10O3/c1-5(6(2)8)3-4-7(9)10/h3,8H,2,4H2,1H3,(H,9,10). The third-order valence-corrected chi connectivity index (χ3v) is 1.04. The third kappa shape index (κ3) is 3.72. The molecule has 0 aliphatic rings. The van der Waals surface area contributed by atoms with Crippen molar-refractivity contribution in [2.75, 3.05) is 0 Å². The summed E-state index contributed by atoms with van der Waals surface area (Å²) in [6.45, 7) is 4.83. The van der Waals surface area contributed by atoms with Crippen molar-refractivity contribution in [1.29, 1.82) is 0 Å². The Balaban J connectivity index is 3.92. The Hall–Kier alpha value is -1.25. The molecule has 0 aliphatic carbocycles. The largest absolute Gasteiger partial charge is 0.508 e. The molecule has 0 bridgehead atoms. The maximum absolute atomic E-state index is 9.97. The van der Waals surface area contributed by atoms with E-state index in [0.29, 0.717) is 5.57 Å². The van der Waals surface area contributed by atoms with Crippen LogP contribution in [0, 0.1) is 0 Å². The molecule has 0 aromatic rings. The Morgan fingerprint density at radius 1 is 1.60 bits per heavy atom. The number of carbonyl (C=O) groups is 1. The second-order valence-electron chi connectivity index (χ2n) is 1.93. The zero-order valence-corrected chi connectivity index (χ0v) is 5.79. The molecule has 0 aliphatic heterocycles. The smallest absolute Gasteiger partial charge is 0.307 e. The molecule has 0 aromatic heterocycles. The van der Waals surface area contributed by atoms with E-state index < -0.39 is 5.97 Å². The Morgan fingerprint density at radius 2 is 2.10 bits per heavy atom. The minimum absolute atomic E-state index is 0.0780. The first-order chi connectivity index (χ1) is 4.54. The molecule has 10 heavy (non-hydrogen) atoms. The van der Waals surface area contributed by atoms with Gasteiger partial charge in [-0.2, -0.15) is 0 Å². The number of aliphatic carboxylic acids is 1. The summed E-state index contributed by atoms with van der Waals surface area (Å²) in [5.41, 5.74) is 0.502. The van der Waals surface area contributed by atoms with E-state index in [4.69, 9.17) is 10.2 Å². The fourth-order valence-corrected chi connectivity index (χ4v) is 0.358. The van der Waals surface area contributed by atoms with Gasteiger partial charge in [0.15, 0.2) is 0 Å². The van der Waals surface area contributed by atoms with E-state index in [9.17, 15) is 4.79 Å². The molecule has 0 saturated carbocycles. The lowest BCUT2D eigenvalue weighted by atomic mass is 10.2. The van der Waals surface area contributed by atoms with Crippen molar-refractivity contribution < 1.29 is 15.0 Å². The van der Waals surface area contributed by atoms with E-state index in [2.05, 4.69) is 6.58 Å². The zero-order valence-electron chi connectivity index (χ0n) is 5.79. The predicted molar refractivity (Wildman–Crippen MR) is 37.8 cm³/mol. The number of hydrogen-bond donors (Lipinski definition) is 2. The van der Waals surface area contributed by atoms with Gasteiger partial charge in [-0.25, -0.2) is 0 Å². The lowest BCUT2D eigenvalue weighted by molar-refractivity contribution is -0.136. The number of aliphatic hydroxyl groups excluding tert-OH is 1. The Labute approximate surface area is 59.3 Å². The van der Waals surface area contributed by atoms with Crippen LogP contribution in [0.1, 0.15) is 13.3 Å². The van der Waals surface area contributed by atoms with E-state index in [-0.39, 0.29) is 12.2 Å². The van der Waals surface area contributed by atoms with Crippen LogP contribution in [-0.4, -0.2) is 16.2 Å². The number of carboxylic acid groups (broad SMARTS) is 1. The lowest BCUT2D eigenvalue weighted by Gasteiger charge is -1.94. The highest BCUT2D eigenvalue weighted by atomic mass is 16.4. The first-order valence-corrected chi connectivity index (χ1v) is 2.81. The molecular weight excluding hydrogens is 132 g/mol. The van der Waals surface area contributed by atoms with Crippen molar-refractivity contribution in [3.63, 3.8) is 0 Å². The van der Waals surface area contributed by atoms with Gasteiger partial charge in [0.2, 0.25) is 0 Å². The summed E-state index contributed by atoms with van der Waals surface area (Å²) >= 11 is 0. The number of rotatable bonds is 3.